The molecule has 0 bridgehead atoms. The summed E-state index contributed by atoms with van der Waals surface area (Å²) in [4.78, 5) is 4.32. The van der Waals surface area contributed by atoms with Crippen LogP contribution in [0.1, 0.15) is 5.56 Å². The van der Waals surface area contributed by atoms with Crippen LogP contribution >= 0.6 is 22.7 Å². The molecular weight excluding hydrogens is 284 g/mol. The highest BCUT2D eigenvalue weighted by Crippen LogP contribution is 2.33. The number of nitriles is 1. The van der Waals surface area contributed by atoms with Crippen LogP contribution in [-0.2, 0) is 0 Å². The molecule has 0 aliphatic rings. The highest BCUT2D eigenvalue weighted by Gasteiger charge is 2.10. The van der Waals surface area contributed by atoms with Gasteiger partial charge < -0.3 is 0 Å². The quantitative estimate of drug-likeness (QED) is 0.502. The van der Waals surface area contributed by atoms with Crippen LogP contribution in [0.3, 0.4) is 0 Å². The van der Waals surface area contributed by atoms with Gasteiger partial charge in [-0.3, -0.25) is 0 Å². The van der Waals surface area contributed by atoms with E-state index in [2.05, 4.69) is 46.2 Å². The second kappa shape index (κ2) is 4.41. The van der Waals surface area contributed by atoms with E-state index in [1.807, 2.05) is 12.1 Å². The Kier molecular flexibility index (Phi) is 2.56. The van der Waals surface area contributed by atoms with Gasteiger partial charge in [0.1, 0.15) is 0 Å². The first kappa shape index (κ1) is 11.6. The lowest BCUT2D eigenvalue weighted by Gasteiger charge is -2.04. The summed E-state index contributed by atoms with van der Waals surface area (Å²) in [5.41, 5.74) is 6.60. The van der Waals surface area contributed by atoms with Crippen LogP contribution in [0.4, 0.5) is 0 Å². The summed E-state index contributed by atoms with van der Waals surface area (Å²) >= 11 is 3.18. The molecule has 2 heterocycles. The molecule has 4 aromatic rings. The van der Waals surface area contributed by atoms with Gasteiger partial charge in [0, 0.05) is 10.3 Å². The summed E-state index contributed by atoms with van der Waals surface area (Å²) in [6, 6.07) is 14.5. The standard InChI is InChI=1S/C16H7N2S2/c17-8-10-5-13(16-15(6-10)20-9-18-16)11-1-2-14-12(7-11)3-4-19-14/h1-7H. The first-order valence-corrected chi connectivity index (χ1v) is 7.73. The number of hydrogen-bond acceptors (Lipinski definition) is 4. The molecule has 0 atom stereocenters. The Morgan fingerprint density at radius 1 is 1.10 bits per heavy atom. The third-order valence-corrected chi connectivity index (χ3v) is 4.89. The number of fused-ring (bicyclic) bond motifs is 2. The molecule has 2 aromatic carbocycles. The van der Waals surface area contributed by atoms with Crippen molar-refractivity contribution >= 4 is 43.0 Å². The average molecular weight is 291 g/mol. The van der Waals surface area contributed by atoms with Crippen molar-refractivity contribution in [2.24, 2.45) is 0 Å². The second-order valence-electron chi connectivity index (χ2n) is 4.46. The molecule has 0 spiro atoms. The van der Waals surface area contributed by atoms with Crippen molar-refractivity contribution < 1.29 is 0 Å². The molecule has 0 N–H and O–H groups in total. The normalized spacial score (nSPS) is 10.9. The Balaban J connectivity index is 2.05. The maximum Gasteiger partial charge on any atom is 0.153 e. The molecule has 0 amide bonds. The van der Waals surface area contributed by atoms with E-state index >= 15 is 0 Å². The maximum absolute atomic E-state index is 9.17. The van der Waals surface area contributed by atoms with E-state index < -0.39 is 0 Å². The molecule has 4 heteroatoms. The number of hydrogen-bond donors (Lipinski definition) is 0. The van der Waals surface area contributed by atoms with E-state index in [4.69, 9.17) is 0 Å². The number of rotatable bonds is 1. The van der Waals surface area contributed by atoms with Crippen LogP contribution in [0.25, 0.3) is 31.4 Å². The lowest BCUT2D eigenvalue weighted by atomic mass is 10.0. The number of thiazole rings is 1. The van der Waals surface area contributed by atoms with Crippen LogP contribution in [0.5, 0.6) is 0 Å². The largest absolute Gasteiger partial charge is 0.233 e. The Morgan fingerprint density at radius 3 is 2.95 bits per heavy atom. The summed E-state index contributed by atoms with van der Waals surface area (Å²) in [6.45, 7) is 0. The molecule has 0 fully saturated rings. The second-order valence-corrected chi connectivity index (χ2v) is 6.23. The highest BCUT2D eigenvalue weighted by molar-refractivity contribution is 7.17. The number of thiophene rings is 1. The van der Waals surface area contributed by atoms with Crippen molar-refractivity contribution in [3.05, 3.63) is 52.9 Å². The van der Waals surface area contributed by atoms with Crippen molar-refractivity contribution in [1.82, 2.24) is 4.98 Å². The van der Waals surface area contributed by atoms with Crippen LogP contribution in [0.15, 0.2) is 41.8 Å². The molecule has 0 saturated heterocycles. The highest BCUT2D eigenvalue weighted by atomic mass is 32.1. The number of nitrogens with zero attached hydrogens (tertiary/aromatic N) is 2. The van der Waals surface area contributed by atoms with Gasteiger partial charge in [-0.05, 0) is 46.7 Å². The fraction of sp³-hybridized carbons (Fsp3) is 0. The van der Waals surface area contributed by atoms with Crippen LogP contribution in [0.2, 0.25) is 0 Å². The predicted molar refractivity (Wildman–Crippen MR) is 84.0 cm³/mol. The minimum atomic E-state index is 0.663. The number of benzene rings is 2. The maximum atomic E-state index is 9.17. The topological polar surface area (TPSA) is 36.7 Å². The Labute approximate surface area is 123 Å². The van der Waals surface area contributed by atoms with Gasteiger partial charge in [0.15, 0.2) is 5.51 Å². The summed E-state index contributed by atoms with van der Waals surface area (Å²) in [7, 11) is 0. The van der Waals surface area contributed by atoms with Crippen molar-refractivity contribution in [3.63, 3.8) is 0 Å². The van der Waals surface area contributed by atoms with E-state index in [0.29, 0.717) is 5.56 Å². The third-order valence-electron chi connectivity index (χ3n) is 3.28. The summed E-state index contributed by atoms with van der Waals surface area (Å²) < 4.78 is 2.27. The van der Waals surface area contributed by atoms with Gasteiger partial charge >= 0.3 is 0 Å². The summed E-state index contributed by atoms with van der Waals surface area (Å²) in [6.07, 6.45) is 0. The van der Waals surface area contributed by atoms with Gasteiger partial charge in [-0.15, -0.1) is 22.7 Å². The fourth-order valence-electron chi connectivity index (χ4n) is 2.34. The zero-order chi connectivity index (χ0) is 13.5. The van der Waals surface area contributed by atoms with Gasteiger partial charge in [-0.1, -0.05) is 6.07 Å². The molecular formula is C16H7N2S2. The van der Waals surface area contributed by atoms with Gasteiger partial charge in [0.05, 0.1) is 21.8 Å². The van der Waals surface area contributed by atoms with Gasteiger partial charge in [0.2, 0.25) is 0 Å². The van der Waals surface area contributed by atoms with E-state index in [1.165, 1.54) is 21.4 Å². The smallest absolute Gasteiger partial charge is 0.153 e. The van der Waals surface area contributed by atoms with Crippen molar-refractivity contribution in [1.29, 1.82) is 5.26 Å². The van der Waals surface area contributed by atoms with Crippen LogP contribution in [0, 0.1) is 16.8 Å². The molecule has 0 aliphatic carbocycles. The summed E-state index contributed by atoms with van der Waals surface area (Å²) in [5.74, 6) is 0. The van der Waals surface area contributed by atoms with E-state index in [0.717, 1.165) is 21.3 Å². The van der Waals surface area contributed by atoms with Gasteiger partial charge in [-0.25, -0.2) is 4.98 Å². The molecule has 20 heavy (non-hydrogen) atoms. The van der Waals surface area contributed by atoms with Crippen LogP contribution in [-0.4, -0.2) is 4.98 Å². The van der Waals surface area contributed by atoms with Crippen LogP contribution < -0.4 is 0 Å². The molecule has 4 rings (SSSR count). The third kappa shape index (κ3) is 1.72. The van der Waals surface area contributed by atoms with Crippen molar-refractivity contribution in [2.75, 3.05) is 0 Å². The zero-order valence-electron chi connectivity index (χ0n) is 10.3. The molecule has 2 nitrogen and oxygen atoms in total. The van der Waals surface area contributed by atoms with Gasteiger partial charge in [-0.2, -0.15) is 5.26 Å². The molecule has 0 aliphatic heterocycles. The molecule has 93 valence electrons. The van der Waals surface area contributed by atoms with Gasteiger partial charge in [0.25, 0.3) is 0 Å². The first-order valence-electron chi connectivity index (χ1n) is 6.03. The van der Waals surface area contributed by atoms with E-state index in [1.54, 1.807) is 11.3 Å². The van der Waals surface area contributed by atoms with E-state index in [9.17, 15) is 5.26 Å². The molecule has 1 radical (unpaired) electrons. The molecule has 0 unspecified atom stereocenters. The van der Waals surface area contributed by atoms with E-state index in [-0.39, 0.29) is 0 Å². The lowest BCUT2D eigenvalue weighted by molar-refractivity contribution is 1.46. The minimum Gasteiger partial charge on any atom is -0.233 e. The van der Waals surface area contributed by atoms with Crippen molar-refractivity contribution in [2.45, 2.75) is 0 Å². The monoisotopic (exact) mass is 291 g/mol. The molecule has 2 aromatic heterocycles. The Hall–Kier alpha value is -2.22. The predicted octanol–water partition coefficient (Wildman–Crippen LogP) is 4.85. The Morgan fingerprint density at radius 2 is 2.05 bits per heavy atom. The summed E-state index contributed by atoms with van der Waals surface area (Å²) in [5, 5.41) is 12.5. The van der Waals surface area contributed by atoms with Crippen molar-refractivity contribution in [3.8, 4) is 17.2 Å². The first-order chi connectivity index (χ1) is 9.85. The number of aromatic nitrogens is 1. The average Bonchev–Trinajstić information content (AvgIpc) is 3.13. The lowest BCUT2D eigenvalue weighted by Crippen LogP contribution is -1.83. The Bertz CT molecular complexity index is 973. The minimum absolute atomic E-state index is 0.663. The molecule has 0 saturated carbocycles. The fourth-order valence-corrected chi connectivity index (χ4v) is 3.78. The zero-order valence-corrected chi connectivity index (χ0v) is 11.9. The SMILES string of the molecule is N#Cc1cc(-c2ccc3sccc3c2)c2n[c]sc2c1.